The molecule has 2 aliphatic carbocycles. The van der Waals surface area contributed by atoms with Crippen molar-refractivity contribution in [2.24, 2.45) is 0 Å². The van der Waals surface area contributed by atoms with E-state index in [2.05, 4.69) is 4.90 Å². The number of hydrogen-bond donors (Lipinski definition) is 4. The Balaban J connectivity index is 1.08. The number of aliphatic hydroxyl groups is 3. The monoisotopic (exact) mass is 699 g/mol. The number of likely N-dealkylation sites (tertiary alicyclic amines) is 1. The Hall–Kier alpha value is -5.08. The van der Waals surface area contributed by atoms with Crippen molar-refractivity contribution in [3.05, 3.63) is 112 Å². The average Bonchev–Trinajstić information content (AvgIpc) is 3.48. The number of benzene rings is 3. The van der Waals surface area contributed by atoms with Gasteiger partial charge in [-0.15, -0.1) is 0 Å². The quantitative estimate of drug-likeness (QED) is 0.169. The largest absolute Gasteiger partial charge is 0.481 e. The van der Waals surface area contributed by atoms with E-state index in [9.17, 15) is 39.6 Å². The van der Waals surface area contributed by atoms with Gasteiger partial charge < -0.3 is 44.3 Å². The van der Waals surface area contributed by atoms with Crippen LogP contribution in [0.2, 0.25) is 0 Å². The Labute approximate surface area is 292 Å². The lowest BCUT2D eigenvalue weighted by Gasteiger charge is -2.61. The van der Waals surface area contributed by atoms with Gasteiger partial charge in [0.2, 0.25) is 12.2 Å². The van der Waals surface area contributed by atoms with Crippen LogP contribution in [-0.2, 0) is 51.8 Å². The molecule has 3 aromatic rings. The normalized spacial score (nSPS) is 26.0. The molecule has 7 rings (SSSR count). The van der Waals surface area contributed by atoms with Crippen LogP contribution < -0.4 is 4.74 Å². The fraction of sp³-hybridized carbons (Fsp3) is 0.368. The Morgan fingerprint density at radius 1 is 0.941 bits per heavy atom. The highest BCUT2D eigenvalue weighted by molar-refractivity contribution is 5.87. The summed E-state index contributed by atoms with van der Waals surface area (Å²) >= 11 is 0. The number of piperidine rings is 1. The maximum atomic E-state index is 13.3. The summed E-state index contributed by atoms with van der Waals surface area (Å²) in [5.41, 5.74) is 0.455. The van der Waals surface area contributed by atoms with Gasteiger partial charge >= 0.3 is 23.9 Å². The lowest BCUT2D eigenvalue weighted by Crippen LogP contribution is -2.74. The third-order valence-electron chi connectivity index (χ3n) is 10.6. The standard InChI is InChI=1S/C38H37NO12/c1-39-17-16-37-29-23-12-13-24(20-40)30(29)49-33(37)26(14-15-38(37,47)27(39)18-23)48-28(42)19-25(41)35(45)51-32(22-10-6-3-7-11-22)36(46)50-31(34(43)44)21-8-4-2-5-9-21/h2-14,25,27,31-33,40-41,47H,15-20H2,1H3,(H,43,44)/t25-,27+,31-,32-,33-,37-,38+/m0/s1. The third kappa shape index (κ3) is 5.66. The van der Waals surface area contributed by atoms with Gasteiger partial charge in [0.1, 0.15) is 11.5 Å². The molecule has 0 radical (unpaired) electrons. The fourth-order valence-electron chi connectivity index (χ4n) is 8.19. The molecular formula is C38H37NO12. The molecule has 1 fully saturated rings. The van der Waals surface area contributed by atoms with Crippen LogP contribution in [0.15, 0.2) is 84.6 Å². The summed E-state index contributed by atoms with van der Waals surface area (Å²) in [6.45, 7) is 0.353. The van der Waals surface area contributed by atoms with Crippen LogP contribution in [0.25, 0.3) is 0 Å². The minimum atomic E-state index is -2.07. The highest BCUT2D eigenvalue weighted by Crippen LogP contribution is 2.64. The van der Waals surface area contributed by atoms with E-state index >= 15 is 0 Å². The second-order valence-electron chi connectivity index (χ2n) is 13.4. The number of hydrogen-bond acceptors (Lipinski definition) is 12. The molecule has 266 valence electrons. The molecule has 13 nitrogen and oxygen atoms in total. The van der Waals surface area contributed by atoms with Crippen LogP contribution in [0.3, 0.4) is 0 Å². The maximum absolute atomic E-state index is 13.3. The van der Waals surface area contributed by atoms with Crippen molar-refractivity contribution in [3.8, 4) is 5.75 Å². The van der Waals surface area contributed by atoms with E-state index in [4.69, 9.17) is 18.9 Å². The van der Waals surface area contributed by atoms with Crippen molar-refractivity contribution in [3.63, 3.8) is 0 Å². The van der Waals surface area contributed by atoms with Gasteiger partial charge in [-0.1, -0.05) is 72.8 Å². The zero-order valence-corrected chi connectivity index (χ0v) is 27.6. The first-order valence-corrected chi connectivity index (χ1v) is 16.7. The molecule has 0 unspecified atom stereocenters. The van der Waals surface area contributed by atoms with Gasteiger partial charge in [0.05, 0.1) is 24.0 Å². The van der Waals surface area contributed by atoms with Crippen LogP contribution in [0, 0.1) is 0 Å². The summed E-state index contributed by atoms with van der Waals surface area (Å²) in [5.74, 6) is -4.42. The summed E-state index contributed by atoms with van der Waals surface area (Å²) < 4.78 is 22.8. The average molecular weight is 700 g/mol. The highest BCUT2D eigenvalue weighted by Gasteiger charge is 2.71. The summed E-state index contributed by atoms with van der Waals surface area (Å²) in [7, 11) is 1.96. The van der Waals surface area contributed by atoms with Crippen molar-refractivity contribution >= 4 is 23.9 Å². The van der Waals surface area contributed by atoms with Gasteiger partial charge in [0.25, 0.3) is 0 Å². The van der Waals surface area contributed by atoms with E-state index in [1.165, 1.54) is 24.3 Å². The van der Waals surface area contributed by atoms with Crippen LogP contribution in [0.5, 0.6) is 5.75 Å². The Kier molecular flexibility index (Phi) is 8.92. The summed E-state index contributed by atoms with van der Waals surface area (Å²) in [6.07, 6.45) is -4.49. The number of rotatable bonds is 11. The zero-order valence-electron chi connectivity index (χ0n) is 27.6. The number of likely N-dealkylation sites (N-methyl/N-ethyl adjacent to an activating group) is 1. The molecule has 51 heavy (non-hydrogen) atoms. The SMILES string of the molecule is CN1CC[C@]23c4c5ccc(CO)c4O[C@H]2C(OC(=O)C[C@H](O)C(=O)O[C@H](C(=O)O[C@H](C(=O)O)c2ccccc2)c2ccccc2)=CC[C@@]3(O)[C@H]1C5. The number of carboxylic acid groups (broad SMARTS) is 1. The Morgan fingerprint density at radius 3 is 2.24 bits per heavy atom. The molecule has 2 bridgehead atoms. The summed E-state index contributed by atoms with van der Waals surface area (Å²) in [4.78, 5) is 53.9. The molecular weight excluding hydrogens is 662 g/mol. The zero-order chi connectivity index (χ0) is 36.1. The smallest absolute Gasteiger partial charge is 0.353 e. The van der Waals surface area contributed by atoms with Crippen LogP contribution >= 0.6 is 0 Å². The molecule has 3 aromatic carbocycles. The molecule has 2 heterocycles. The van der Waals surface area contributed by atoms with Crippen molar-refractivity contribution in [1.82, 2.24) is 4.90 Å². The second kappa shape index (κ2) is 13.2. The van der Waals surface area contributed by atoms with E-state index < -0.39 is 65.7 Å². The molecule has 2 aliphatic heterocycles. The van der Waals surface area contributed by atoms with Crippen molar-refractivity contribution in [1.29, 1.82) is 0 Å². The van der Waals surface area contributed by atoms with E-state index in [1.807, 2.05) is 13.1 Å². The number of esters is 3. The van der Waals surface area contributed by atoms with Gasteiger partial charge in [-0.05, 0) is 38.1 Å². The lowest BCUT2D eigenvalue weighted by molar-refractivity contribution is -0.182. The first kappa shape index (κ1) is 34.4. The van der Waals surface area contributed by atoms with Gasteiger partial charge in [0.15, 0.2) is 12.2 Å². The Morgan fingerprint density at radius 2 is 1.59 bits per heavy atom. The van der Waals surface area contributed by atoms with Crippen molar-refractivity contribution in [2.45, 2.75) is 73.8 Å². The number of carbonyl (C=O) groups excluding carboxylic acids is 3. The second-order valence-corrected chi connectivity index (χ2v) is 13.4. The van der Waals surface area contributed by atoms with Crippen LogP contribution in [0.1, 0.15) is 59.3 Å². The van der Waals surface area contributed by atoms with Crippen molar-refractivity contribution < 1.29 is 58.6 Å². The molecule has 0 saturated carbocycles. The van der Waals surface area contributed by atoms with E-state index in [-0.39, 0.29) is 36.0 Å². The third-order valence-corrected chi connectivity index (χ3v) is 10.6. The minimum Gasteiger partial charge on any atom is -0.481 e. The van der Waals surface area contributed by atoms with E-state index in [0.29, 0.717) is 30.7 Å². The minimum absolute atomic E-state index is 0.118. The number of nitrogens with zero attached hydrogens (tertiary/aromatic N) is 1. The molecule has 7 atom stereocenters. The molecule has 4 aliphatic rings. The number of carboxylic acids is 1. The number of aliphatic hydroxyl groups excluding tert-OH is 2. The van der Waals surface area contributed by atoms with Crippen LogP contribution in [-0.4, -0.2) is 86.6 Å². The molecule has 0 aromatic heterocycles. The number of carbonyl (C=O) groups is 4. The predicted octanol–water partition coefficient (Wildman–Crippen LogP) is 2.40. The topological polar surface area (TPSA) is 189 Å². The maximum Gasteiger partial charge on any atom is 0.353 e. The fourth-order valence-corrected chi connectivity index (χ4v) is 8.19. The van der Waals surface area contributed by atoms with Crippen LogP contribution in [0.4, 0.5) is 0 Å². The molecule has 0 amide bonds. The molecule has 1 spiro atoms. The highest BCUT2D eigenvalue weighted by atomic mass is 16.6. The van der Waals surface area contributed by atoms with E-state index in [1.54, 1.807) is 48.5 Å². The van der Waals surface area contributed by atoms with Gasteiger partial charge in [-0.3, -0.25) is 4.79 Å². The molecule has 4 N–H and O–H groups in total. The van der Waals surface area contributed by atoms with E-state index in [0.717, 1.165) is 11.1 Å². The number of aliphatic carboxylic acids is 1. The first-order chi connectivity index (χ1) is 24.5. The van der Waals surface area contributed by atoms with Gasteiger partial charge in [-0.2, -0.15) is 0 Å². The molecule has 1 saturated heterocycles. The van der Waals surface area contributed by atoms with Gasteiger partial charge in [0, 0.05) is 34.7 Å². The summed E-state index contributed by atoms with van der Waals surface area (Å²) in [6, 6.07) is 19.0. The molecule has 13 heteroatoms. The van der Waals surface area contributed by atoms with Crippen molar-refractivity contribution in [2.75, 3.05) is 13.6 Å². The number of ether oxygens (including phenoxy) is 4. The lowest BCUT2D eigenvalue weighted by atomic mass is 9.50. The summed E-state index contributed by atoms with van der Waals surface area (Å²) in [5, 5.41) is 43.0. The Bertz CT molecular complexity index is 1900. The first-order valence-electron chi connectivity index (χ1n) is 16.7. The van der Waals surface area contributed by atoms with Gasteiger partial charge in [-0.25, -0.2) is 14.4 Å². The predicted molar refractivity (Wildman–Crippen MR) is 176 cm³/mol.